The number of carbonyl (C=O) groups is 2. The summed E-state index contributed by atoms with van der Waals surface area (Å²) >= 11 is 5.04. The van der Waals surface area contributed by atoms with Gasteiger partial charge in [0, 0.05) is 23.5 Å². The van der Waals surface area contributed by atoms with Crippen molar-refractivity contribution < 1.29 is 9.59 Å². The molecule has 4 N–H and O–H groups in total. The van der Waals surface area contributed by atoms with Crippen LogP contribution in [0.5, 0.6) is 0 Å². The standard InChI is InChI=1S/C13H16N4O2S/c1-6-5-9(11(12(14)20)7(2)15-6)16-8-3-4-10(18)17-13(8)19/h5,8H,3-4H2,1-2H3,(H2,14,20)(H,15,16)(H,17,18,19). The summed E-state index contributed by atoms with van der Waals surface area (Å²) in [7, 11) is 0. The van der Waals surface area contributed by atoms with E-state index in [2.05, 4.69) is 15.6 Å². The maximum atomic E-state index is 11.8. The van der Waals surface area contributed by atoms with Gasteiger partial charge in [-0.3, -0.25) is 19.9 Å². The summed E-state index contributed by atoms with van der Waals surface area (Å²) < 4.78 is 0. The van der Waals surface area contributed by atoms with Gasteiger partial charge in [-0.2, -0.15) is 0 Å². The van der Waals surface area contributed by atoms with Crippen molar-refractivity contribution in [1.82, 2.24) is 10.3 Å². The third-order valence-corrected chi connectivity index (χ3v) is 3.35. The summed E-state index contributed by atoms with van der Waals surface area (Å²) in [6.45, 7) is 3.67. The third kappa shape index (κ3) is 2.93. The van der Waals surface area contributed by atoms with E-state index in [9.17, 15) is 9.59 Å². The molecule has 1 aromatic heterocycles. The Morgan fingerprint density at radius 3 is 2.80 bits per heavy atom. The number of nitrogens with one attached hydrogen (secondary N) is 2. The molecule has 0 aromatic carbocycles. The van der Waals surface area contributed by atoms with Crippen molar-refractivity contribution in [2.45, 2.75) is 32.7 Å². The maximum Gasteiger partial charge on any atom is 0.249 e. The second kappa shape index (κ2) is 5.54. The number of piperidine rings is 1. The molecule has 20 heavy (non-hydrogen) atoms. The van der Waals surface area contributed by atoms with Gasteiger partial charge in [-0.25, -0.2) is 0 Å². The van der Waals surface area contributed by atoms with Gasteiger partial charge in [0.05, 0.1) is 5.56 Å². The quantitative estimate of drug-likeness (QED) is 0.556. The Hall–Kier alpha value is -2.02. The van der Waals surface area contributed by atoms with Gasteiger partial charge in [0.15, 0.2) is 0 Å². The molecule has 106 valence electrons. The van der Waals surface area contributed by atoms with Crippen LogP contribution in [0, 0.1) is 13.8 Å². The molecule has 1 atom stereocenters. The highest BCUT2D eigenvalue weighted by molar-refractivity contribution is 7.80. The highest BCUT2D eigenvalue weighted by atomic mass is 32.1. The van der Waals surface area contributed by atoms with E-state index in [1.165, 1.54) is 0 Å². The summed E-state index contributed by atoms with van der Waals surface area (Å²) in [5.74, 6) is -0.577. The van der Waals surface area contributed by atoms with Gasteiger partial charge in [-0.15, -0.1) is 0 Å². The summed E-state index contributed by atoms with van der Waals surface area (Å²) in [6, 6.07) is 1.33. The number of nitrogens with zero attached hydrogens (tertiary/aromatic N) is 1. The summed E-state index contributed by atoms with van der Waals surface area (Å²) in [4.78, 5) is 27.5. The average molecular weight is 292 g/mol. The van der Waals surface area contributed by atoms with Crippen molar-refractivity contribution >= 4 is 34.7 Å². The number of amides is 2. The van der Waals surface area contributed by atoms with Crippen LogP contribution in [-0.4, -0.2) is 27.8 Å². The highest BCUT2D eigenvalue weighted by Gasteiger charge is 2.27. The lowest BCUT2D eigenvalue weighted by molar-refractivity contribution is -0.133. The molecule has 7 heteroatoms. The Bertz CT molecular complexity index is 600. The minimum Gasteiger partial charge on any atom is -0.389 e. The fraction of sp³-hybridized carbons (Fsp3) is 0.385. The van der Waals surface area contributed by atoms with Crippen LogP contribution in [0.4, 0.5) is 5.69 Å². The molecule has 6 nitrogen and oxygen atoms in total. The molecule has 1 fully saturated rings. The van der Waals surface area contributed by atoms with Gasteiger partial charge in [0.1, 0.15) is 11.0 Å². The lowest BCUT2D eigenvalue weighted by Gasteiger charge is -2.24. The van der Waals surface area contributed by atoms with Crippen molar-refractivity contribution in [2.75, 3.05) is 5.32 Å². The van der Waals surface area contributed by atoms with E-state index >= 15 is 0 Å². The largest absolute Gasteiger partial charge is 0.389 e. The molecule has 1 aliphatic heterocycles. The van der Waals surface area contributed by atoms with Gasteiger partial charge in [-0.1, -0.05) is 12.2 Å². The van der Waals surface area contributed by atoms with E-state index in [0.29, 0.717) is 29.8 Å². The zero-order valence-corrected chi connectivity index (χ0v) is 12.1. The Morgan fingerprint density at radius 2 is 2.20 bits per heavy atom. The van der Waals surface area contributed by atoms with E-state index in [0.717, 1.165) is 5.69 Å². The van der Waals surface area contributed by atoms with Crippen LogP contribution in [0.15, 0.2) is 6.07 Å². The van der Waals surface area contributed by atoms with E-state index in [1.807, 2.05) is 13.8 Å². The Balaban J connectivity index is 2.31. The van der Waals surface area contributed by atoms with Crippen LogP contribution in [-0.2, 0) is 9.59 Å². The molecule has 2 amide bonds. The monoisotopic (exact) mass is 292 g/mol. The first-order valence-corrected chi connectivity index (χ1v) is 6.67. The lowest BCUT2D eigenvalue weighted by atomic mass is 10.0. The molecule has 1 aliphatic rings. The molecule has 2 heterocycles. The molecule has 0 aliphatic carbocycles. The Kier molecular flexibility index (Phi) is 3.99. The zero-order valence-electron chi connectivity index (χ0n) is 11.3. The smallest absolute Gasteiger partial charge is 0.249 e. The van der Waals surface area contributed by atoms with Crippen molar-refractivity contribution in [3.05, 3.63) is 23.0 Å². The van der Waals surface area contributed by atoms with Crippen molar-refractivity contribution in [2.24, 2.45) is 5.73 Å². The molecule has 0 radical (unpaired) electrons. The van der Waals surface area contributed by atoms with Gasteiger partial charge in [0.25, 0.3) is 0 Å². The maximum absolute atomic E-state index is 11.8. The van der Waals surface area contributed by atoms with Crippen molar-refractivity contribution in [1.29, 1.82) is 0 Å². The first kappa shape index (κ1) is 14.4. The Labute approximate surface area is 122 Å². The molecule has 0 bridgehead atoms. The number of pyridine rings is 1. The molecular formula is C13H16N4O2S. The van der Waals surface area contributed by atoms with Crippen LogP contribution in [0.2, 0.25) is 0 Å². The van der Waals surface area contributed by atoms with E-state index in [1.54, 1.807) is 6.07 Å². The van der Waals surface area contributed by atoms with E-state index in [-0.39, 0.29) is 16.8 Å². The number of rotatable bonds is 3. The second-order valence-electron chi connectivity index (χ2n) is 4.78. The summed E-state index contributed by atoms with van der Waals surface area (Å²) in [5.41, 5.74) is 8.55. The zero-order chi connectivity index (χ0) is 14.9. The number of anilines is 1. The van der Waals surface area contributed by atoms with Gasteiger partial charge in [0.2, 0.25) is 11.8 Å². The number of imide groups is 1. The number of aromatic nitrogens is 1. The number of carbonyl (C=O) groups excluding carboxylic acids is 2. The predicted molar refractivity (Wildman–Crippen MR) is 79.4 cm³/mol. The van der Waals surface area contributed by atoms with Crippen LogP contribution in [0.1, 0.15) is 29.8 Å². The minimum atomic E-state index is -0.470. The summed E-state index contributed by atoms with van der Waals surface area (Å²) in [6.07, 6.45) is 0.761. The third-order valence-electron chi connectivity index (χ3n) is 3.14. The predicted octanol–water partition coefficient (Wildman–Crippen LogP) is 0.550. The molecule has 1 saturated heterocycles. The van der Waals surface area contributed by atoms with Crippen LogP contribution in [0.3, 0.4) is 0 Å². The van der Waals surface area contributed by atoms with Crippen LogP contribution in [0.25, 0.3) is 0 Å². The summed E-state index contributed by atoms with van der Waals surface area (Å²) in [5, 5.41) is 5.42. The lowest BCUT2D eigenvalue weighted by Crippen LogP contribution is -2.47. The fourth-order valence-corrected chi connectivity index (χ4v) is 2.53. The fourth-order valence-electron chi connectivity index (χ4n) is 2.27. The molecule has 1 aromatic rings. The SMILES string of the molecule is Cc1cc(NC2CCC(=O)NC2=O)c(C(N)=S)c(C)n1. The molecular weight excluding hydrogens is 276 g/mol. The molecule has 1 unspecified atom stereocenters. The van der Waals surface area contributed by atoms with Crippen LogP contribution >= 0.6 is 12.2 Å². The van der Waals surface area contributed by atoms with Gasteiger partial charge < -0.3 is 11.1 Å². The minimum absolute atomic E-state index is 0.227. The highest BCUT2D eigenvalue weighted by Crippen LogP contribution is 2.22. The first-order chi connectivity index (χ1) is 9.38. The van der Waals surface area contributed by atoms with Crippen molar-refractivity contribution in [3.63, 3.8) is 0 Å². The number of thiocarbonyl (C=S) groups is 1. The molecule has 0 saturated carbocycles. The number of nitrogens with two attached hydrogens (primary N) is 1. The number of hydrogen-bond donors (Lipinski definition) is 3. The second-order valence-corrected chi connectivity index (χ2v) is 5.22. The number of aryl methyl sites for hydroxylation is 2. The van der Waals surface area contributed by atoms with Crippen molar-refractivity contribution in [3.8, 4) is 0 Å². The van der Waals surface area contributed by atoms with Gasteiger partial charge in [-0.05, 0) is 26.3 Å². The first-order valence-electron chi connectivity index (χ1n) is 6.26. The normalized spacial score (nSPS) is 18.6. The van der Waals surface area contributed by atoms with E-state index < -0.39 is 6.04 Å². The molecule has 0 spiro atoms. The Morgan fingerprint density at radius 1 is 1.50 bits per heavy atom. The number of hydrogen-bond acceptors (Lipinski definition) is 5. The van der Waals surface area contributed by atoms with Gasteiger partial charge >= 0.3 is 0 Å². The average Bonchev–Trinajstić information content (AvgIpc) is 2.31. The topological polar surface area (TPSA) is 97.1 Å². The molecule has 2 rings (SSSR count). The van der Waals surface area contributed by atoms with Crippen LogP contribution < -0.4 is 16.4 Å². The van der Waals surface area contributed by atoms with E-state index in [4.69, 9.17) is 18.0 Å².